The Morgan fingerprint density at radius 1 is 1.35 bits per heavy atom. The van der Waals surface area contributed by atoms with Gasteiger partial charge in [-0.15, -0.1) is 0 Å². The number of hydrazine groups is 1. The minimum atomic E-state index is -0.465. The lowest BCUT2D eigenvalue weighted by Crippen LogP contribution is -2.41. The smallest absolute Gasteiger partial charge is 0.270 e. The lowest BCUT2D eigenvalue weighted by molar-refractivity contribution is -0.384. The van der Waals surface area contributed by atoms with Gasteiger partial charge >= 0.3 is 0 Å². The number of hydrogen-bond donors (Lipinski definition) is 3. The van der Waals surface area contributed by atoms with Crippen molar-refractivity contribution in [3.05, 3.63) is 64.0 Å². The van der Waals surface area contributed by atoms with Gasteiger partial charge in [0.1, 0.15) is 6.04 Å². The summed E-state index contributed by atoms with van der Waals surface area (Å²) in [6.45, 7) is 1.69. The highest BCUT2D eigenvalue weighted by Crippen LogP contribution is 2.22. The molecule has 1 saturated heterocycles. The maximum atomic E-state index is 12.3. The number of nitro groups is 1. The van der Waals surface area contributed by atoms with E-state index in [2.05, 4.69) is 21.4 Å². The van der Waals surface area contributed by atoms with Crippen molar-refractivity contribution in [3.8, 4) is 0 Å². The maximum Gasteiger partial charge on any atom is 0.270 e. The molecule has 9 nitrogen and oxygen atoms in total. The van der Waals surface area contributed by atoms with Crippen molar-refractivity contribution in [2.24, 2.45) is 12.1 Å². The molecular formula is C17H20N6O3. The Labute approximate surface area is 150 Å². The second-order valence-corrected chi connectivity index (χ2v) is 6.15. The molecule has 2 heterocycles. The number of carbonyl (C=O) groups is 1. The summed E-state index contributed by atoms with van der Waals surface area (Å²) in [5.74, 6) is -0.265. The molecule has 1 aromatic heterocycles. The van der Waals surface area contributed by atoms with E-state index in [1.165, 1.54) is 12.1 Å². The normalized spacial score (nSPS) is 20.2. The molecule has 1 aliphatic rings. The van der Waals surface area contributed by atoms with Gasteiger partial charge in [-0.05, 0) is 25.5 Å². The number of hydrogen-bond acceptors (Lipinski definition) is 6. The number of nitro benzene ring substituents is 1. The first-order valence-corrected chi connectivity index (χ1v) is 8.17. The molecule has 0 aliphatic carbocycles. The Hall–Kier alpha value is -3.04. The van der Waals surface area contributed by atoms with Gasteiger partial charge in [-0.3, -0.25) is 14.9 Å². The van der Waals surface area contributed by atoms with Crippen molar-refractivity contribution in [1.29, 1.82) is 0 Å². The number of hydrazone groups is 1. The van der Waals surface area contributed by atoms with E-state index in [0.717, 1.165) is 5.69 Å². The van der Waals surface area contributed by atoms with E-state index in [1.807, 2.05) is 29.9 Å². The van der Waals surface area contributed by atoms with Crippen molar-refractivity contribution in [2.75, 3.05) is 0 Å². The molecule has 2 unspecified atom stereocenters. The predicted molar refractivity (Wildman–Crippen MR) is 96.3 cm³/mol. The number of aromatic nitrogens is 1. The molecule has 0 spiro atoms. The molecule has 9 heteroatoms. The molecule has 26 heavy (non-hydrogen) atoms. The molecule has 3 N–H and O–H groups in total. The van der Waals surface area contributed by atoms with E-state index in [4.69, 9.17) is 0 Å². The van der Waals surface area contributed by atoms with Crippen LogP contribution >= 0.6 is 0 Å². The first-order valence-electron chi connectivity index (χ1n) is 8.17. The van der Waals surface area contributed by atoms with E-state index < -0.39 is 11.0 Å². The first kappa shape index (κ1) is 17.8. The molecule has 1 fully saturated rings. The van der Waals surface area contributed by atoms with Gasteiger partial charge in [0.15, 0.2) is 0 Å². The Morgan fingerprint density at radius 3 is 2.85 bits per heavy atom. The van der Waals surface area contributed by atoms with Crippen LogP contribution in [0.15, 0.2) is 47.7 Å². The molecular weight excluding hydrogens is 336 g/mol. The standard InChI is InChI=1S/C17H20N6O3/c1-11(12-5-3-6-13(9-12)23(25)26)18-21-17(24)15-10-14(19-20-15)16-7-4-8-22(16)2/h3-9,14-15,19-20H,10H2,1-2H3,(H,21,24)/b18-11-. The molecule has 2 atom stereocenters. The Bertz CT molecular complexity index is 860. The van der Waals surface area contributed by atoms with Gasteiger partial charge in [-0.1, -0.05) is 12.1 Å². The summed E-state index contributed by atoms with van der Waals surface area (Å²) in [6.07, 6.45) is 2.55. The van der Waals surface area contributed by atoms with Crippen LogP contribution < -0.4 is 16.3 Å². The molecule has 1 aliphatic heterocycles. The number of nitrogens with zero attached hydrogens (tertiary/aromatic N) is 3. The summed E-state index contributed by atoms with van der Waals surface area (Å²) >= 11 is 0. The highest BCUT2D eigenvalue weighted by atomic mass is 16.6. The van der Waals surface area contributed by atoms with Crippen LogP contribution in [0.2, 0.25) is 0 Å². The molecule has 136 valence electrons. The molecule has 0 radical (unpaired) electrons. The average molecular weight is 356 g/mol. The van der Waals surface area contributed by atoms with Gasteiger partial charge < -0.3 is 4.57 Å². The fraction of sp³-hybridized carbons (Fsp3) is 0.294. The van der Waals surface area contributed by atoms with Crippen LogP contribution in [0, 0.1) is 10.1 Å². The van der Waals surface area contributed by atoms with E-state index in [9.17, 15) is 14.9 Å². The van der Waals surface area contributed by atoms with Crippen LogP contribution in [-0.2, 0) is 11.8 Å². The van der Waals surface area contributed by atoms with E-state index in [1.54, 1.807) is 19.1 Å². The number of amides is 1. The highest BCUT2D eigenvalue weighted by Gasteiger charge is 2.31. The summed E-state index contributed by atoms with van der Waals surface area (Å²) in [5, 5.41) is 14.9. The number of benzene rings is 1. The number of aryl methyl sites for hydroxylation is 1. The van der Waals surface area contributed by atoms with Crippen LogP contribution in [0.5, 0.6) is 0 Å². The number of rotatable bonds is 5. The average Bonchev–Trinajstić information content (AvgIpc) is 3.28. The number of carbonyl (C=O) groups excluding carboxylic acids is 1. The zero-order chi connectivity index (χ0) is 18.7. The van der Waals surface area contributed by atoms with Gasteiger partial charge in [0.2, 0.25) is 0 Å². The van der Waals surface area contributed by atoms with Gasteiger partial charge in [0.05, 0.1) is 16.7 Å². The maximum absolute atomic E-state index is 12.3. The van der Waals surface area contributed by atoms with Crippen molar-refractivity contribution < 1.29 is 9.72 Å². The van der Waals surface area contributed by atoms with Gasteiger partial charge in [0, 0.05) is 36.6 Å². The largest absolute Gasteiger partial charge is 0.353 e. The van der Waals surface area contributed by atoms with Crippen molar-refractivity contribution >= 4 is 17.3 Å². The SMILES string of the molecule is C/C(=N/NC(=O)C1CC(c2cccn2C)NN1)c1cccc([N+](=O)[O-])c1. The summed E-state index contributed by atoms with van der Waals surface area (Å²) in [4.78, 5) is 22.7. The topological polar surface area (TPSA) is 114 Å². The second-order valence-electron chi connectivity index (χ2n) is 6.15. The van der Waals surface area contributed by atoms with Gasteiger partial charge in [-0.25, -0.2) is 16.3 Å². The first-order chi connectivity index (χ1) is 12.5. The van der Waals surface area contributed by atoms with Gasteiger partial charge in [0.25, 0.3) is 11.6 Å². The van der Waals surface area contributed by atoms with Crippen molar-refractivity contribution in [1.82, 2.24) is 20.8 Å². The zero-order valence-corrected chi connectivity index (χ0v) is 14.5. The summed E-state index contributed by atoms with van der Waals surface area (Å²) in [7, 11) is 1.96. The highest BCUT2D eigenvalue weighted by molar-refractivity contribution is 5.99. The zero-order valence-electron chi connectivity index (χ0n) is 14.5. The van der Waals surface area contributed by atoms with Crippen LogP contribution in [0.1, 0.15) is 30.6 Å². The van der Waals surface area contributed by atoms with Crippen LogP contribution in [0.3, 0.4) is 0 Å². The van der Waals surface area contributed by atoms with E-state index in [0.29, 0.717) is 17.7 Å². The molecule has 0 saturated carbocycles. The predicted octanol–water partition coefficient (Wildman–Crippen LogP) is 1.38. The fourth-order valence-electron chi connectivity index (χ4n) is 2.88. The number of non-ortho nitro benzene ring substituents is 1. The minimum Gasteiger partial charge on any atom is -0.353 e. The third kappa shape index (κ3) is 3.79. The lowest BCUT2D eigenvalue weighted by Gasteiger charge is -2.10. The molecule has 1 amide bonds. The fourth-order valence-corrected chi connectivity index (χ4v) is 2.88. The van der Waals surface area contributed by atoms with Crippen LogP contribution in [-0.4, -0.2) is 27.2 Å². The summed E-state index contributed by atoms with van der Waals surface area (Å²) in [5.41, 5.74) is 10.8. The molecule has 2 aromatic rings. The Kier molecular flexibility index (Phi) is 5.10. The molecule has 0 bridgehead atoms. The Morgan fingerprint density at radius 2 is 2.15 bits per heavy atom. The lowest BCUT2D eigenvalue weighted by atomic mass is 10.1. The summed E-state index contributed by atoms with van der Waals surface area (Å²) in [6, 6.07) is 9.70. The molecule has 1 aromatic carbocycles. The second kappa shape index (κ2) is 7.46. The van der Waals surface area contributed by atoms with Gasteiger partial charge in [-0.2, -0.15) is 5.10 Å². The van der Waals surface area contributed by atoms with Crippen molar-refractivity contribution in [3.63, 3.8) is 0 Å². The monoisotopic (exact) mass is 356 g/mol. The van der Waals surface area contributed by atoms with Crippen LogP contribution in [0.4, 0.5) is 5.69 Å². The quantitative estimate of drug-likeness (QED) is 0.425. The third-order valence-electron chi connectivity index (χ3n) is 4.37. The Balaban J connectivity index is 1.61. The van der Waals surface area contributed by atoms with E-state index in [-0.39, 0.29) is 17.6 Å². The number of nitrogens with one attached hydrogen (secondary N) is 3. The molecule has 3 rings (SSSR count). The third-order valence-corrected chi connectivity index (χ3v) is 4.37. The minimum absolute atomic E-state index is 0.0181. The van der Waals surface area contributed by atoms with Crippen LogP contribution in [0.25, 0.3) is 0 Å². The van der Waals surface area contributed by atoms with Crippen molar-refractivity contribution in [2.45, 2.75) is 25.4 Å². The van der Waals surface area contributed by atoms with E-state index >= 15 is 0 Å². The summed E-state index contributed by atoms with van der Waals surface area (Å²) < 4.78 is 2.00.